The van der Waals surface area contributed by atoms with Crippen LogP contribution in [0.25, 0.3) is 0 Å². The number of rotatable bonds is 4. The fraction of sp³-hybridized carbons (Fsp3) is 1.00. The van der Waals surface area contributed by atoms with Crippen molar-refractivity contribution in [2.45, 2.75) is 0 Å². The summed E-state index contributed by atoms with van der Waals surface area (Å²) in [5, 5.41) is 16.8. The monoisotopic (exact) mass is 259 g/mol. The lowest BCUT2D eigenvalue weighted by Crippen LogP contribution is -2.36. The van der Waals surface area contributed by atoms with E-state index in [2.05, 4.69) is 41.1 Å². The van der Waals surface area contributed by atoms with Crippen LogP contribution in [-0.4, -0.2) is 81.8 Å². The Morgan fingerprint density at radius 2 is 1.33 bits per heavy atom. The predicted molar refractivity (Wildman–Crippen MR) is 77.7 cm³/mol. The molecule has 0 radical (unpaired) electrons. The van der Waals surface area contributed by atoms with Crippen LogP contribution in [0.4, 0.5) is 0 Å². The van der Waals surface area contributed by atoms with Gasteiger partial charge < -0.3 is 14.7 Å². The molecule has 96 valence electrons. The average Bonchev–Trinajstić information content (AvgIpc) is 1.81. The van der Waals surface area contributed by atoms with Crippen LogP contribution in [0.1, 0.15) is 0 Å². The van der Waals surface area contributed by atoms with Crippen molar-refractivity contribution in [1.29, 1.82) is 0 Å². The number of aliphatic hydroxyl groups is 2. The molecule has 0 spiro atoms. The molecule has 3 nitrogen and oxygen atoms in total. The van der Waals surface area contributed by atoms with Gasteiger partial charge in [0.2, 0.25) is 0 Å². The van der Waals surface area contributed by atoms with Crippen molar-refractivity contribution in [2.75, 3.05) is 67.1 Å². The minimum atomic E-state index is -0.666. The maximum atomic E-state index is 8.43. The van der Waals surface area contributed by atoms with Crippen LogP contribution in [0.3, 0.4) is 0 Å². The summed E-state index contributed by atoms with van der Waals surface area (Å²) in [5.74, 6) is 0. The molecule has 5 heteroatoms. The molecule has 0 aliphatic carbocycles. The van der Waals surface area contributed by atoms with E-state index in [1.54, 1.807) is 0 Å². The number of quaternary nitrogens is 1. The van der Waals surface area contributed by atoms with Crippen LogP contribution in [0.2, 0.25) is 0 Å². The Morgan fingerprint density at radius 1 is 0.933 bits per heavy atom. The van der Waals surface area contributed by atoms with Crippen LogP contribution in [-0.2, 0) is 0 Å². The lowest BCUT2D eigenvalue weighted by molar-refractivity contribution is -0.870. The van der Waals surface area contributed by atoms with Gasteiger partial charge in [-0.1, -0.05) is 0 Å². The van der Waals surface area contributed by atoms with Crippen molar-refractivity contribution >= 4 is 17.2 Å². The molecule has 0 saturated carbocycles. The lowest BCUT2D eigenvalue weighted by Gasteiger charge is -2.21. The number of hydrogen-bond acceptors (Lipinski definition) is 2. The minimum Gasteiger partial charge on any atom is -0.393 e. The van der Waals surface area contributed by atoms with Crippen LogP contribution in [0, 0.1) is 0 Å². The second kappa shape index (κ2) is 9.93. The van der Waals surface area contributed by atoms with E-state index in [1.165, 1.54) is 0 Å². The van der Waals surface area contributed by atoms with E-state index in [1.807, 2.05) is 0 Å². The third-order valence-corrected chi connectivity index (χ3v) is 3.08. The van der Waals surface area contributed by atoms with Crippen molar-refractivity contribution in [1.82, 2.24) is 0 Å². The molecule has 0 rings (SSSR count). The zero-order valence-electron chi connectivity index (χ0n) is 11.3. The highest BCUT2D eigenvalue weighted by Gasteiger charge is 2.14. The van der Waals surface area contributed by atoms with E-state index < -0.39 is 7.26 Å². The highest BCUT2D eigenvalue weighted by Crippen LogP contribution is 2.45. The molecular weight excluding hydrogens is 228 g/mol. The molecule has 15 heavy (non-hydrogen) atoms. The van der Waals surface area contributed by atoms with Gasteiger partial charge in [-0.2, -0.15) is 9.90 Å². The van der Waals surface area contributed by atoms with Crippen LogP contribution < -0.4 is 0 Å². The molecule has 0 amide bonds. The standard InChI is InChI=1S/C5H14NO.C5H14OP.H3P/c1-6(2,3)4-5-7;1-7(2,3)5-4-6;/h7H,4-5H2,1-3H3;6H,4-5H2,1-3H3;1H3/q2*+1;. The summed E-state index contributed by atoms with van der Waals surface area (Å²) >= 11 is 0. The quantitative estimate of drug-likeness (QED) is 0.574. The highest BCUT2D eigenvalue weighted by molar-refractivity contribution is 7.73. The fourth-order valence-electron chi connectivity index (χ4n) is 0.600. The van der Waals surface area contributed by atoms with E-state index >= 15 is 0 Å². The van der Waals surface area contributed by atoms with Gasteiger partial charge in [0.05, 0.1) is 40.5 Å². The first-order chi connectivity index (χ1) is 6.12. The Balaban J connectivity index is -0.000000180. The van der Waals surface area contributed by atoms with E-state index in [0.29, 0.717) is 6.61 Å². The molecule has 0 aromatic heterocycles. The summed E-state index contributed by atoms with van der Waals surface area (Å²) in [6.07, 6.45) is 1.01. The van der Waals surface area contributed by atoms with E-state index in [0.717, 1.165) is 17.2 Å². The highest BCUT2D eigenvalue weighted by atomic mass is 31.2. The Labute approximate surface area is 99.4 Å². The van der Waals surface area contributed by atoms with Crippen molar-refractivity contribution in [3.63, 3.8) is 0 Å². The molecule has 0 fully saturated rings. The summed E-state index contributed by atoms with van der Waals surface area (Å²) < 4.78 is 0.844. The van der Waals surface area contributed by atoms with Crippen molar-refractivity contribution in [3.8, 4) is 0 Å². The molecule has 0 heterocycles. The van der Waals surface area contributed by atoms with Gasteiger partial charge in [-0.25, -0.2) is 0 Å². The van der Waals surface area contributed by atoms with E-state index in [-0.39, 0.29) is 16.5 Å². The first kappa shape index (κ1) is 21.1. The van der Waals surface area contributed by atoms with Gasteiger partial charge in [-0.3, -0.25) is 0 Å². The Kier molecular flexibility index (Phi) is 13.9. The summed E-state index contributed by atoms with van der Waals surface area (Å²) in [6.45, 7) is 8.15. The van der Waals surface area contributed by atoms with Gasteiger partial charge in [0.15, 0.2) is 0 Å². The second-order valence-corrected chi connectivity index (χ2v) is 10.5. The van der Waals surface area contributed by atoms with E-state index in [9.17, 15) is 0 Å². The molecule has 2 N–H and O–H groups in total. The molecule has 0 aliphatic heterocycles. The van der Waals surface area contributed by atoms with Gasteiger partial charge in [0, 0.05) is 27.3 Å². The van der Waals surface area contributed by atoms with Crippen molar-refractivity contribution in [3.05, 3.63) is 0 Å². The van der Waals surface area contributed by atoms with Gasteiger partial charge in [-0.15, -0.1) is 0 Å². The van der Waals surface area contributed by atoms with Gasteiger partial charge >= 0.3 is 0 Å². The molecule has 1 unspecified atom stereocenters. The smallest absolute Gasteiger partial charge is 0.101 e. The fourth-order valence-corrected chi connectivity index (χ4v) is 1.20. The molecule has 1 atom stereocenters. The third-order valence-electron chi connectivity index (χ3n) is 1.54. The second-order valence-electron chi connectivity index (χ2n) is 5.48. The average molecular weight is 259 g/mol. The molecule has 0 bridgehead atoms. The summed E-state index contributed by atoms with van der Waals surface area (Å²) in [6, 6.07) is 0. The lowest BCUT2D eigenvalue weighted by atomic mass is 10.5. The Morgan fingerprint density at radius 3 is 1.33 bits per heavy atom. The van der Waals surface area contributed by atoms with E-state index in [4.69, 9.17) is 10.2 Å². The zero-order chi connectivity index (χ0) is 11.8. The first-order valence-corrected chi connectivity index (χ1v) is 8.26. The molecule has 0 aliphatic rings. The van der Waals surface area contributed by atoms with Crippen LogP contribution >= 0.6 is 17.2 Å². The van der Waals surface area contributed by atoms with Gasteiger partial charge in [-0.05, 0) is 0 Å². The number of likely N-dealkylation sites (N-methyl/N-ethyl adjacent to an activating group) is 1. The van der Waals surface area contributed by atoms with Crippen LogP contribution in [0.5, 0.6) is 0 Å². The van der Waals surface area contributed by atoms with Gasteiger partial charge in [0.25, 0.3) is 0 Å². The molecule has 0 saturated heterocycles. The normalized spacial score (nSPS) is 11.2. The van der Waals surface area contributed by atoms with Crippen molar-refractivity contribution in [2.24, 2.45) is 0 Å². The maximum absolute atomic E-state index is 8.43. The molecule has 0 aromatic rings. The van der Waals surface area contributed by atoms with Gasteiger partial charge in [0.1, 0.15) is 6.54 Å². The molecular formula is C10H31NO2P2+2. The third kappa shape index (κ3) is 31.3. The number of nitrogens with zero attached hydrogens (tertiary/aromatic N) is 1. The van der Waals surface area contributed by atoms with Crippen LogP contribution in [0.15, 0.2) is 0 Å². The number of aliphatic hydroxyl groups excluding tert-OH is 2. The minimum absolute atomic E-state index is 0. The summed E-state index contributed by atoms with van der Waals surface area (Å²) in [4.78, 5) is 0. The number of hydrogen-bond donors (Lipinski definition) is 2. The predicted octanol–water partition coefficient (Wildman–Crippen LogP) is 0.629. The van der Waals surface area contributed by atoms with Crippen molar-refractivity contribution < 1.29 is 14.7 Å². The maximum Gasteiger partial charge on any atom is 0.101 e. The SMILES string of the molecule is C[N+](C)(C)CCO.C[P+](C)(C)CCO.P. The summed E-state index contributed by atoms with van der Waals surface area (Å²) in [5.41, 5.74) is 0. The zero-order valence-corrected chi connectivity index (χ0v) is 13.6. The first-order valence-electron chi connectivity index (χ1n) is 4.95. The Hall–Kier alpha value is 0.740. The largest absolute Gasteiger partial charge is 0.393 e. The summed E-state index contributed by atoms with van der Waals surface area (Å²) in [7, 11) is 5.49. The molecule has 0 aromatic carbocycles. The topological polar surface area (TPSA) is 40.5 Å². The Bertz CT molecular complexity index is 114.